The second-order valence-electron chi connectivity index (χ2n) is 5.20. The molecule has 0 radical (unpaired) electrons. The van der Waals surface area contributed by atoms with Crippen molar-refractivity contribution in [3.63, 3.8) is 0 Å². The van der Waals surface area contributed by atoms with E-state index in [2.05, 4.69) is 21.2 Å². The molecule has 5 heteroatoms. The fourth-order valence-electron chi connectivity index (χ4n) is 2.60. The Kier molecular flexibility index (Phi) is 3.92. The first-order valence-electron chi connectivity index (χ1n) is 6.89. The summed E-state index contributed by atoms with van der Waals surface area (Å²) >= 11 is 3.37. The summed E-state index contributed by atoms with van der Waals surface area (Å²) < 4.78 is 2.71. The van der Waals surface area contributed by atoms with Crippen LogP contribution in [0, 0.1) is 0 Å². The van der Waals surface area contributed by atoms with Crippen LogP contribution in [0.5, 0.6) is 0 Å². The number of hydrogen-bond donors (Lipinski definition) is 1. The molecule has 1 aliphatic rings. The molecular formula is C16H15BrN2O2. The molecule has 4 nitrogen and oxygen atoms in total. The topological polar surface area (TPSA) is 51.1 Å². The minimum atomic E-state index is -0.104. The van der Waals surface area contributed by atoms with Gasteiger partial charge in [0.1, 0.15) is 6.54 Å². The van der Waals surface area contributed by atoms with Crippen LogP contribution in [-0.2, 0) is 17.8 Å². The molecule has 1 heterocycles. The maximum Gasteiger partial charge on any atom is 0.244 e. The summed E-state index contributed by atoms with van der Waals surface area (Å²) in [6.07, 6.45) is 6.13. The van der Waals surface area contributed by atoms with Crippen LogP contribution in [0.25, 0.3) is 0 Å². The molecule has 0 unspecified atom stereocenters. The summed E-state index contributed by atoms with van der Waals surface area (Å²) in [5.41, 5.74) is 2.58. The van der Waals surface area contributed by atoms with Crippen molar-refractivity contribution < 1.29 is 9.59 Å². The number of fused-ring (bicyclic) bond motifs is 1. The molecule has 108 valence electrons. The number of aromatic nitrogens is 1. The Hall–Kier alpha value is -1.88. The minimum Gasteiger partial charge on any atom is -0.344 e. The highest BCUT2D eigenvalue weighted by atomic mass is 79.9. The average molecular weight is 347 g/mol. The van der Waals surface area contributed by atoms with Crippen molar-refractivity contribution in [1.29, 1.82) is 0 Å². The first-order valence-corrected chi connectivity index (χ1v) is 7.68. The van der Waals surface area contributed by atoms with E-state index in [1.54, 1.807) is 10.8 Å². The van der Waals surface area contributed by atoms with Crippen LogP contribution < -0.4 is 5.32 Å². The number of anilines is 1. The van der Waals surface area contributed by atoms with Gasteiger partial charge in [-0.1, -0.05) is 22.0 Å². The molecule has 0 fully saturated rings. The van der Waals surface area contributed by atoms with Crippen molar-refractivity contribution in [3.8, 4) is 0 Å². The van der Waals surface area contributed by atoms with Gasteiger partial charge < -0.3 is 9.88 Å². The Morgan fingerprint density at radius 2 is 2.14 bits per heavy atom. The van der Waals surface area contributed by atoms with Gasteiger partial charge in [-0.2, -0.15) is 0 Å². The maximum absolute atomic E-state index is 12.1. The molecule has 21 heavy (non-hydrogen) atoms. The van der Waals surface area contributed by atoms with E-state index >= 15 is 0 Å². The second kappa shape index (κ2) is 5.85. The Bertz CT molecular complexity index is 706. The zero-order chi connectivity index (χ0) is 14.8. The van der Waals surface area contributed by atoms with Gasteiger partial charge in [0.2, 0.25) is 5.91 Å². The van der Waals surface area contributed by atoms with Gasteiger partial charge in [0.25, 0.3) is 0 Å². The number of ketones is 1. The van der Waals surface area contributed by atoms with Crippen molar-refractivity contribution in [1.82, 2.24) is 4.57 Å². The van der Waals surface area contributed by atoms with Crippen LogP contribution in [0.1, 0.15) is 28.8 Å². The number of Topliss-reactive ketones (excluding diaryl/α,β-unsaturated/α-hetero) is 1. The first-order chi connectivity index (χ1) is 10.1. The van der Waals surface area contributed by atoms with Crippen LogP contribution >= 0.6 is 15.9 Å². The van der Waals surface area contributed by atoms with Gasteiger partial charge in [0.05, 0.1) is 0 Å². The molecule has 0 aliphatic heterocycles. The fraction of sp³-hybridized carbons (Fsp3) is 0.250. The van der Waals surface area contributed by atoms with E-state index in [9.17, 15) is 9.59 Å². The number of rotatable bonds is 3. The molecule has 2 aromatic rings. The van der Waals surface area contributed by atoms with Gasteiger partial charge in [-0.15, -0.1) is 0 Å². The largest absolute Gasteiger partial charge is 0.344 e. The summed E-state index contributed by atoms with van der Waals surface area (Å²) in [5, 5.41) is 2.85. The second-order valence-corrected chi connectivity index (χ2v) is 6.12. The Morgan fingerprint density at radius 1 is 1.29 bits per heavy atom. The molecule has 0 saturated heterocycles. The van der Waals surface area contributed by atoms with E-state index in [-0.39, 0.29) is 18.2 Å². The standard InChI is InChI=1S/C16H15BrN2O2/c17-12-4-2-5-13(7-12)18-16(21)10-19-8-11-3-1-6-15(20)14(11)9-19/h2,4-5,7-9H,1,3,6,10H2,(H,18,21). The highest BCUT2D eigenvalue weighted by molar-refractivity contribution is 9.10. The highest BCUT2D eigenvalue weighted by Gasteiger charge is 2.19. The molecule has 1 aromatic heterocycles. The van der Waals surface area contributed by atoms with E-state index in [4.69, 9.17) is 0 Å². The Balaban J connectivity index is 1.69. The van der Waals surface area contributed by atoms with Crippen molar-refractivity contribution in [2.45, 2.75) is 25.8 Å². The molecule has 0 atom stereocenters. The van der Waals surface area contributed by atoms with Gasteiger partial charge in [-0.05, 0) is 36.6 Å². The van der Waals surface area contributed by atoms with E-state index in [0.29, 0.717) is 6.42 Å². The van der Waals surface area contributed by atoms with Crippen LogP contribution in [-0.4, -0.2) is 16.3 Å². The molecule has 1 aromatic carbocycles. The summed E-state index contributed by atoms with van der Waals surface area (Å²) in [5.74, 6) is 0.0790. The minimum absolute atomic E-state index is 0.104. The Labute approximate surface area is 131 Å². The lowest BCUT2D eigenvalue weighted by atomic mass is 9.95. The normalized spacial score (nSPS) is 13.9. The number of nitrogens with zero attached hydrogens (tertiary/aromatic N) is 1. The highest BCUT2D eigenvalue weighted by Crippen LogP contribution is 2.22. The van der Waals surface area contributed by atoms with Gasteiger partial charge in [-0.25, -0.2) is 0 Å². The number of halogens is 1. The van der Waals surface area contributed by atoms with Crippen molar-refractivity contribution in [3.05, 3.63) is 52.3 Å². The van der Waals surface area contributed by atoms with Crippen molar-refractivity contribution in [2.75, 3.05) is 5.32 Å². The molecule has 1 amide bonds. The predicted molar refractivity (Wildman–Crippen MR) is 84.5 cm³/mol. The van der Waals surface area contributed by atoms with Crippen molar-refractivity contribution >= 4 is 33.3 Å². The lowest BCUT2D eigenvalue weighted by Crippen LogP contribution is -2.17. The van der Waals surface area contributed by atoms with Crippen LogP contribution in [0.2, 0.25) is 0 Å². The third-order valence-corrected chi connectivity index (χ3v) is 4.04. The molecule has 0 spiro atoms. The van der Waals surface area contributed by atoms with E-state index in [1.165, 1.54) is 0 Å². The first kappa shape index (κ1) is 14.1. The Morgan fingerprint density at radius 3 is 2.90 bits per heavy atom. The molecule has 1 N–H and O–H groups in total. The predicted octanol–water partition coefficient (Wildman–Crippen LogP) is 3.41. The zero-order valence-corrected chi connectivity index (χ0v) is 13.0. The number of carbonyl (C=O) groups excluding carboxylic acids is 2. The lowest BCUT2D eigenvalue weighted by Gasteiger charge is -2.07. The van der Waals surface area contributed by atoms with E-state index in [0.717, 1.165) is 34.1 Å². The van der Waals surface area contributed by atoms with Gasteiger partial charge in [0.15, 0.2) is 5.78 Å². The monoisotopic (exact) mass is 346 g/mol. The smallest absolute Gasteiger partial charge is 0.244 e. The SMILES string of the molecule is O=C(Cn1cc2c(c1)C(=O)CCC2)Nc1cccc(Br)c1. The quantitative estimate of drug-likeness (QED) is 0.925. The fourth-order valence-corrected chi connectivity index (χ4v) is 3.00. The number of nitrogens with one attached hydrogen (secondary N) is 1. The van der Waals surface area contributed by atoms with Gasteiger partial charge in [0, 0.05) is 34.5 Å². The number of benzene rings is 1. The molecule has 0 bridgehead atoms. The summed E-state index contributed by atoms with van der Waals surface area (Å²) in [7, 11) is 0. The maximum atomic E-state index is 12.1. The van der Waals surface area contributed by atoms with Gasteiger partial charge >= 0.3 is 0 Å². The summed E-state index contributed by atoms with van der Waals surface area (Å²) in [6, 6.07) is 7.46. The molecular weight excluding hydrogens is 332 g/mol. The average Bonchev–Trinajstić information content (AvgIpc) is 2.82. The lowest BCUT2D eigenvalue weighted by molar-refractivity contribution is -0.116. The number of amides is 1. The van der Waals surface area contributed by atoms with E-state index < -0.39 is 0 Å². The third-order valence-electron chi connectivity index (χ3n) is 3.55. The summed E-state index contributed by atoms with van der Waals surface area (Å²) in [6.45, 7) is 0.215. The van der Waals surface area contributed by atoms with E-state index in [1.807, 2.05) is 30.5 Å². The zero-order valence-electron chi connectivity index (χ0n) is 11.4. The molecule has 0 saturated carbocycles. The summed E-state index contributed by atoms with van der Waals surface area (Å²) in [4.78, 5) is 23.8. The number of hydrogen-bond acceptors (Lipinski definition) is 2. The van der Waals surface area contributed by atoms with Crippen LogP contribution in [0.4, 0.5) is 5.69 Å². The third kappa shape index (κ3) is 3.24. The molecule has 3 rings (SSSR count). The number of carbonyl (C=O) groups is 2. The van der Waals surface area contributed by atoms with Crippen molar-refractivity contribution in [2.24, 2.45) is 0 Å². The molecule has 1 aliphatic carbocycles. The van der Waals surface area contributed by atoms with Crippen LogP contribution in [0.15, 0.2) is 41.1 Å². The van der Waals surface area contributed by atoms with Crippen LogP contribution in [0.3, 0.4) is 0 Å². The number of aryl methyl sites for hydroxylation is 1. The van der Waals surface area contributed by atoms with Gasteiger partial charge in [-0.3, -0.25) is 9.59 Å².